The number of rotatable bonds is 6. The average molecular weight is 312 g/mol. The first kappa shape index (κ1) is 17.5. The van der Waals surface area contributed by atoms with Crippen LogP contribution in [0.3, 0.4) is 0 Å². The first-order valence-electron chi connectivity index (χ1n) is 7.02. The fourth-order valence-corrected chi connectivity index (χ4v) is 2.63. The van der Waals surface area contributed by atoms with Gasteiger partial charge in [-0.15, -0.1) is 0 Å². The Bertz CT molecular complexity index is 611. The van der Waals surface area contributed by atoms with Gasteiger partial charge in [-0.3, -0.25) is 9.10 Å². The van der Waals surface area contributed by atoms with E-state index in [1.807, 2.05) is 13.8 Å². The summed E-state index contributed by atoms with van der Waals surface area (Å²) in [4.78, 5) is 12.2. The molecule has 21 heavy (non-hydrogen) atoms. The maximum atomic E-state index is 12.2. The summed E-state index contributed by atoms with van der Waals surface area (Å²) in [6.45, 7) is 5.84. The summed E-state index contributed by atoms with van der Waals surface area (Å²) in [5.74, 6) is -0.181. The molecular formula is C15H24N2O3S. The van der Waals surface area contributed by atoms with E-state index in [-0.39, 0.29) is 11.9 Å². The number of hydrogen-bond donors (Lipinski definition) is 1. The molecule has 1 amide bonds. The third-order valence-corrected chi connectivity index (χ3v) is 4.60. The zero-order valence-corrected chi connectivity index (χ0v) is 14.1. The van der Waals surface area contributed by atoms with Gasteiger partial charge < -0.3 is 5.32 Å². The second kappa shape index (κ2) is 6.93. The quantitative estimate of drug-likeness (QED) is 0.876. The van der Waals surface area contributed by atoms with Gasteiger partial charge in [0.25, 0.3) is 5.91 Å². The van der Waals surface area contributed by atoms with Crippen molar-refractivity contribution < 1.29 is 13.2 Å². The van der Waals surface area contributed by atoms with Gasteiger partial charge in [-0.05, 0) is 38.0 Å². The molecular weight excluding hydrogens is 288 g/mol. The SMILES string of the molecule is CCC[C@@H](C)NC(=O)c1ccc(C)c(N(C)S(C)(=O)=O)c1. The van der Waals surface area contributed by atoms with Gasteiger partial charge in [0.2, 0.25) is 10.0 Å². The number of nitrogens with zero attached hydrogens (tertiary/aromatic N) is 1. The number of aryl methyl sites for hydroxylation is 1. The highest BCUT2D eigenvalue weighted by molar-refractivity contribution is 7.92. The van der Waals surface area contributed by atoms with Crippen LogP contribution in [0.5, 0.6) is 0 Å². The van der Waals surface area contributed by atoms with Crippen LogP contribution in [-0.4, -0.2) is 33.7 Å². The molecule has 0 unspecified atom stereocenters. The van der Waals surface area contributed by atoms with Crippen molar-refractivity contribution in [3.05, 3.63) is 29.3 Å². The third-order valence-electron chi connectivity index (χ3n) is 3.41. The third kappa shape index (κ3) is 4.74. The van der Waals surface area contributed by atoms with Crippen LogP contribution >= 0.6 is 0 Å². The second-order valence-corrected chi connectivity index (χ2v) is 7.41. The molecule has 118 valence electrons. The molecule has 0 bridgehead atoms. The van der Waals surface area contributed by atoms with Crippen LogP contribution in [0.1, 0.15) is 42.6 Å². The van der Waals surface area contributed by atoms with Crippen LogP contribution in [0.15, 0.2) is 18.2 Å². The van der Waals surface area contributed by atoms with Crippen LogP contribution < -0.4 is 9.62 Å². The van der Waals surface area contributed by atoms with Crippen molar-refractivity contribution in [2.45, 2.75) is 39.7 Å². The summed E-state index contributed by atoms with van der Waals surface area (Å²) in [5.41, 5.74) is 1.79. The molecule has 0 saturated heterocycles. The number of sulfonamides is 1. The Kier molecular flexibility index (Phi) is 5.78. The minimum Gasteiger partial charge on any atom is -0.350 e. The van der Waals surface area contributed by atoms with Gasteiger partial charge >= 0.3 is 0 Å². The van der Waals surface area contributed by atoms with Gasteiger partial charge in [0.1, 0.15) is 0 Å². The number of amides is 1. The van der Waals surface area contributed by atoms with Gasteiger partial charge in [0.05, 0.1) is 11.9 Å². The molecule has 1 atom stereocenters. The fourth-order valence-electron chi connectivity index (χ4n) is 2.08. The number of carbonyl (C=O) groups is 1. The lowest BCUT2D eigenvalue weighted by Crippen LogP contribution is -2.32. The van der Waals surface area contributed by atoms with Crippen LogP contribution in [0.25, 0.3) is 0 Å². The van der Waals surface area contributed by atoms with Crippen LogP contribution in [0.4, 0.5) is 5.69 Å². The average Bonchev–Trinajstić information content (AvgIpc) is 2.37. The zero-order chi connectivity index (χ0) is 16.2. The summed E-state index contributed by atoms with van der Waals surface area (Å²) < 4.78 is 24.5. The lowest BCUT2D eigenvalue weighted by Gasteiger charge is -2.20. The Morgan fingerprint density at radius 2 is 2.00 bits per heavy atom. The highest BCUT2D eigenvalue weighted by atomic mass is 32.2. The van der Waals surface area contributed by atoms with E-state index in [2.05, 4.69) is 12.2 Å². The Labute approximate surface area is 127 Å². The molecule has 1 aromatic carbocycles. The lowest BCUT2D eigenvalue weighted by molar-refractivity contribution is 0.0938. The topological polar surface area (TPSA) is 66.5 Å². The van der Waals surface area contributed by atoms with Gasteiger partial charge in [0, 0.05) is 18.7 Å². The van der Waals surface area contributed by atoms with E-state index in [1.54, 1.807) is 18.2 Å². The second-order valence-electron chi connectivity index (χ2n) is 5.39. The maximum absolute atomic E-state index is 12.2. The van der Waals surface area contributed by atoms with Crippen molar-refractivity contribution >= 4 is 21.6 Å². The molecule has 1 aromatic rings. The van der Waals surface area contributed by atoms with Gasteiger partial charge in [-0.25, -0.2) is 8.42 Å². The van der Waals surface area contributed by atoms with E-state index in [4.69, 9.17) is 0 Å². The molecule has 0 aromatic heterocycles. The van der Waals surface area contributed by atoms with Crippen LogP contribution in [0.2, 0.25) is 0 Å². The van der Waals surface area contributed by atoms with Gasteiger partial charge in [-0.2, -0.15) is 0 Å². The molecule has 0 radical (unpaired) electrons. The van der Waals surface area contributed by atoms with E-state index in [9.17, 15) is 13.2 Å². The molecule has 0 aliphatic rings. The Balaban J connectivity index is 3.04. The molecule has 0 saturated carbocycles. The summed E-state index contributed by atoms with van der Waals surface area (Å²) in [5, 5.41) is 2.91. The largest absolute Gasteiger partial charge is 0.350 e. The predicted molar refractivity (Wildman–Crippen MR) is 86.3 cm³/mol. The minimum absolute atomic E-state index is 0.0971. The normalized spacial score (nSPS) is 12.8. The van der Waals surface area contributed by atoms with Gasteiger partial charge in [0.15, 0.2) is 0 Å². The highest BCUT2D eigenvalue weighted by Crippen LogP contribution is 2.22. The van der Waals surface area contributed by atoms with E-state index in [0.717, 1.165) is 24.7 Å². The fraction of sp³-hybridized carbons (Fsp3) is 0.533. The Morgan fingerprint density at radius 1 is 1.38 bits per heavy atom. The highest BCUT2D eigenvalue weighted by Gasteiger charge is 2.17. The first-order valence-corrected chi connectivity index (χ1v) is 8.87. The van der Waals surface area contributed by atoms with Crippen molar-refractivity contribution in [2.24, 2.45) is 0 Å². The van der Waals surface area contributed by atoms with Gasteiger partial charge in [-0.1, -0.05) is 19.4 Å². The summed E-state index contributed by atoms with van der Waals surface area (Å²) in [7, 11) is -1.87. The molecule has 0 aliphatic heterocycles. The standard InChI is InChI=1S/C15H24N2O3S/c1-6-7-12(3)16-15(18)13-9-8-11(2)14(10-13)17(4)21(5,19)20/h8-10,12H,6-7H2,1-5H3,(H,16,18)/t12-/m1/s1. The van der Waals surface area contributed by atoms with Crippen LogP contribution in [-0.2, 0) is 10.0 Å². The monoisotopic (exact) mass is 312 g/mol. The molecule has 0 spiro atoms. The van der Waals surface area contributed by atoms with E-state index in [0.29, 0.717) is 11.3 Å². The zero-order valence-electron chi connectivity index (χ0n) is 13.3. The molecule has 1 rings (SSSR count). The molecule has 0 fully saturated rings. The predicted octanol–water partition coefficient (Wildman–Crippen LogP) is 2.31. The van der Waals surface area contributed by atoms with E-state index >= 15 is 0 Å². The van der Waals surface area contributed by atoms with Crippen molar-refractivity contribution in [3.8, 4) is 0 Å². The van der Waals surface area contributed by atoms with E-state index in [1.165, 1.54) is 11.4 Å². The summed E-state index contributed by atoms with van der Waals surface area (Å²) in [6.07, 6.45) is 3.05. The first-order chi connectivity index (χ1) is 9.66. The molecule has 1 N–H and O–H groups in total. The summed E-state index contributed by atoms with van der Waals surface area (Å²) >= 11 is 0. The number of hydrogen-bond acceptors (Lipinski definition) is 3. The minimum atomic E-state index is -3.35. The molecule has 0 heterocycles. The number of carbonyl (C=O) groups excluding carboxylic acids is 1. The van der Waals surface area contributed by atoms with Crippen molar-refractivity contribution in [2.75, 3.05) is 17.6 Å². The summed E-state index contributed by atoms with van der Waals surface area (Å²) in [6, 6.07) is 5.18. The number of nitrogens with one attached hydrogen (secondary N) is 1. The smallest absolute Gasteiger partial charge is 0.251 e. The molecule has 5 nitrogen and oxygen atoms in total. The van der Waals surface area contributed by atoms with Crippen molar-refractivity contribution in [1.82, 2.24) is 5.32 Å². The Morgan fingerprint density at radius 3 is 2.52 bits per heavy atom. The molecule has 0 aliphatic carbocycles. The maximum Gasteiger partial charge on any atom is 0.251 e. The molecule has 6 heteroatoms. The van der Waals surface area contributed by atoms with Crippen molar-refractivity contribution in [3.63, 3.8) is 0 Å². The Hall–Kier alpha value is -1.56. The number of anilines is 1. The van der Waals surface area contributed by atoms with Crippen molar-refractivity contribution in [1.29, 1.82) is 0 Å². The van der Waals surface area contributed by atoms with Crippen LogP contribution in [0, 0.1) is 6.92 Å². The number of benzene rings is 1. The van der Waals surface area contributed by atoms with E-state index < -0.39 is 10.0 Å². The lowest BCUT2D eigenvalue weighted by atomic mass is 10.1.